The van der Waals surface area contributed by atoms with Crippen molar-refractivity contribution in [3.63, 3.8) is 0 Å². The first-order valence-electron chi connectivity index (χ1n) is 9.84. The fourth-order valence-electron chi connectivity index (χ4n) is 4.60. The summed E-state index contributed by atoms with van der Waals surface area (Å²) in [5.74, 6) is -0.849. The van der Waals surface area contributed by atoms with Gasteiger partial charge in [0.1, 0.15) is 5.75 Å². The van der Waals surface area contributed by atoms with Crippen LogP contribution in [0.4, 0.5) is 0 Å². The Morgan fingerprint density at radius 2 is 2.03 bits per heavy atom. The first-order chi connectivity index (χ1) is 14.3. The van der Waals surface area contributed by atoms with Gasteiger partial charge in [0.05, 0.1) is 29.0 Å². The van der Waals surface area contributed by atoms with E-state index in [2.05, 4.69) is 0 Å². The van der Waals surface area contributed by atoms with Gasteiger partial charge in [-0.05, 0) is 42.7 Å². The topological polar surface area (TPSA) is 122 Å². The van der Waals surface area contributed by atoms with E-state index < -0.39 is 23.4 Å². The van der Waals surface area contributed by atoms with Gasteiger partial charge in [0.15, 0.2) is 5.60 Å². The molecule has 1 unspecified atom stereocenters. The molecule has 0 aliphatic carbocycles. The molecule has 2 aliphatic heterocycles. The molecule has 2 aliphatic rings. The number of rotatable bonds is 2. The summed E-state index contributed by atoms with van der Waals surface area (Å²) >= 11 is 0. The van der Waals surface area contributed by atoms with Crippen molar-refractivity contribution in [1.29, 1.82) is 0 Å². The second kappa shape index (κ2) is 6.13. The third-order valence-corrected chi connectivity index (χ3v) is 6.20. The number of aliphatic hydroxyl groups is 2. The van der Waals surface area contributed by atoms with Gasteiger partial charge in [0.2, 0.25) is 6.29 Å². The summed E-state index contributed by atoms with van der Waals surface area (Å²) in [6.45, 7) is 3.83. The van der Waals surface area contributed by atoms with Crippen LogP contribution in [0.2, 0.25) is 0 Å². The molecule has 30 heavy (non-hydrogen) atoms. The molecule has 3 N–H and O–H groups in total. The molecule has 2 aromatic heterocycles. The average molecular weight is 415 g/mol. The van der Waals surface area contributed by atoms with Crippen molar-refractivity contribution in [2.75, 3.05) is 0 Å². The zero-order chi connectivity index (χ0) is 21.4. The minimum atomic E-state index is -2.01. The Morgan fingerprint density at radius 1 is 1.27 bits per heavy atom. The SMILES string of the molecule is CC[C@@]1(O)C(=O)OC(O)c2c1cc1n(c2=O)Cc2c-1n[13c]1[13cH][13cH][13c](O)[13cH][13c]1c2[13CH2]C. The standard InChI is InChI=1S/C22H20N2O6/c1-3-11-12-7-10(25)5-6-15(12)23-18-13(11)9-24-16(18)8-14-17(19(24)26)20(27)30-21(28)22(14,29)4-2/h5-8,20,25,27,29H,3-4,9H2,1-2H3/t20?,22-/m0/s1/i3+1,5+1,6+1,7+1,10+1,12+1,15+1. The molecule has 4 heterocycles. The maximum Gasteiger partial charge on any atom is 0.345 e. The van der Waals surface area contributed by atoms with Gasteiger partial charge >= 0.3 is 5.97 Å². The molecule has 0 amide bonds. The molecule has 2 atom stereocenters. The summed E-state index contributed by atoms with van der Waals surface area (Å²) in [6, 6.07) is 6.49. The summed E-state index contributed by atoms with van der Waals surface area (Å²) in [6.07, 6.45) is -1.08. The molecule has 0 bridgehead atoms. The Labute approximate surface area is 171 Å². The van der Waals surface area contributed by atoms with Gasteiger partial charge in [0.25, 0.3) is 5.56 Å². The number of nitrogens with zero attached hydrogens (tertiary/aromatic N) is 2. The number of aromatic hydroxyl groups is 1. The van der Waals surface area contributed by atoms with E-state index in [-0.39, 0.29) is 29.8 Å². The molecular weight excluding hydrogens is 395 g/mol. The molecule has 8 heteroatoms. The first kappa shape index (κ1) is 18.8. The zero-order valence-corrected chi connectivity index (χ0v) is 16.5. The fraction of sp³-hybridized carbons (Fsp3) is 0.318. The number of phenols is 1. The second-order valence-corrected chi connectivity index (χ2v) is 7.69. The van der Waals surface area contributed by atoms with Crippen LogP contribution in [0.1, 0.15) is 48.8 Å². The number of pyridine rings is 2. The summed E-state index contributed by atoms with van der Waals surface area (Å²) in [4.78, 5) is 30.3. The Kier molecular flexibility index (Phi) is 3.84. The molecule has 0 saturated heterocycles. The lowest BCUT2D eigenvalue weighted by Gasteiger charge is -2.34. The highest BCUT2D eigenvalue weighted by Gasteiger charge is 2.48. The lowest BCUT2D eigenvalue weighted by molar-refractivity contribution is -0.199. The number of carbonyl (C=O) groups excluding carboxylic acids is 1. The van der Waals surface area contributed by atoms with Gasteiger partial charge in [-0.15, -0.1) is 0 Å². The summed E-state index contributed by atoms with van der Waals surface area (Å²) in [5.41, 5.74) is 0.946. The van der Waals surface area contributed by atoms with Gasteiger partial charge in [-0.3, -0.25) is 4.79 Å². The molecule has 0 spiro atoms. The number of fused-ring (bicyclic) bond motifs is 5. The minimum absolute atomic E-state index is 0.00800. The summed E-state index contributed by atoms with van der Waals surface area (Å²) < 4.78 is 6.35. The Morgan fingerprint density at radius 3 is 2.73 bits per heavy atom. The van der Waals surface area contributed by atoms with Crippen molar-refractivity contribution < 1.29 is 24.9 Å². The molecule has 1 aromatic carbocycles. The molecule has 8 nitrogen and oxygen atoms in total. The zero-order valence-electron chi connectivity index (χ0n) is 16.5. The molecule has 5 rings (SSSR count). The lowest BCUT2D eigenvalue weighted by atomic mass is 9.85. The number of hydrogen-bond donors (Lipinski definition) is 3. The number of esters is 1. The van der Waals surface area contributed by atoms with Crippen LogP contribution >= 0.6 is 0 Å². The maximum absolute atomic E-state index is 13.3. The fourth-order valence-corrected chi connectivity index (χ4v) is 4.60. The highest BCUT2D eigenvalue weighted by Crippen LogP contribution is 2.42. The van der Waals surface area contributed by atoms with E-state index in [1.807, 2.05) is 6.92 Å². The van der Waals surface area contributed by atoms with Crippen LogP contribution in [0.3, 0.4) is 0 Å². The highest BCUT2D eigenvalue weighted by molar-refractivity contribution is 5.90. The molecule has 0 radical (unpaired) electrons. The number of carbonyl (C=O) groups is 1. The van der Waals surface area contributed by atoms with Crippen molar-refractivity contribution in [3.05, 3.63) is 56.9 Å². The Bertz CT molecular complexity index is 1310. The van der Waals surface area contributed by atoms with Gasteiger partial charge in [-0.25, -0.2) is 9.78 Å². The van der Waals surface area contributed by atoms with Crippen LogP contribution in [-0.2, 0) is 28.1 Å². The lowest BCUT2D eigenvalue weighted by Crippen LogP contribution is -2.46. The second-order valence-electron chi connectivity index (χ2n) is 7.69. The number of ether oxygens (including phenoxy) is 1. The first-order valence-corrected chi connectivity index (χ1v) is 9.84. The van der Waals surface area contributed by atoms with Crippen molar-refractivity contribution in [1.82, 2.24) is 9.55 Å². The van der Waals surface area contributed by atoms with Gasteiger partial charge in [-0.1, -0.05) is 13.8 Å². The summed E-state index contributed by atoms with van der Waals surface area (Å²) in [7, 11) is 0. The number of aliphatic hydroxyl groups excluding tert-OH is 1. The monoisotopic (exact) mass is 415 g/mol. The minimum Gasteiger partial charge on any atom is -0.508 e. The number of cyclic esters (lactones) is 1. The molecule has 3 aromatic rings. The summed E-state index contributed by atoms with van der Waals surface area (Å²) in [5, 5.41) is 31.9. The van der Waals surface area contributed by atoms with Crippen LogP contribution in [0.15, 0.2) is 29.1 Å². The van der Waals surface area contributed by atoms with Crippen LogP contribution in [-0.4, -0.2) is 30.8 Å². The third-order valence-electron chi connectivity index (χ3n) is 6.20. The van der Waals surface area contributed by atoms with E-state index in [1.54, 1.807) is 31.2 Å². The van der Waals surface area contributed by atoms with Gasteiger partial charge < -0.3 is 24.6 Å². The number of hydrogen-bond acceptors (Lipinski definition) is 7. The van der Waals surface area contributed by atoms with Crippen molar-refractivity contribution in [3.8, 4) is 17.1 Å². The normalized spacial score (nSPS) is 21.9. The maximum atomic E-state index is 13.3. The molecule has 154 valence electrons. The van der Waals surface area contributed by atoms with Crippen LogP contribution in [0.25, 0.3) is 22.3 Å². The third kappa shape index (κ3) is 2.26. The predicted octanol–water partition coefficient (Wildman–Crippen LogP) is 1.84. The predicted molar refractivity (Wildman–Crippen MR) is 107 cm³/mol. The number of benzene rings is 1. The Balaban J connectivity index is 1.85. The number of aromatic nitrogens is 2. The number of phenolic OH excluding ortho intramolecular Hbond substituents is 1. The van der Waals surface area contributed by atoms with E-state index in [0.29, 0.717) is 23.3 Å². The van der Waals surface area contributed by atoms with E-state index in [4.69, 9.17) is 9.72 Å². The van der Waals surface area contributed by atoms with Crippen molar-refractivity contribution in [2.45, 2.75) is 45.1 Å². The molecule has 0 fully saturated rings. The molecular formula is C22H20N2O6. The van der Waals surface area contributed by atoms with E-state index in [1.165, 1.54) is 4.57 Å². The smallest absolute Gasteiger partial charge is 0.345 e. The van der Waals surface area contributed by atoms with E-state index in [0.717, 1.165) is 16.5 Å². The van der Waals surface area contributed by atoms with Crippen molar-refractivity contribution >= 4 is 16.9 Å². The highest BCUT2D eigenvalue weighted by atomic mass is 16.6. The average Bonchev–Trinajstić information content (AvgIpc) is 3.09. The quantitative estimate of drug-likeness (QED) is 0.337. The van der Waals surface area contributed by atoms with Crippen LogP contribution in [0.5, 0.6) is 5.75 Å². The van der Waals surface area contributed by atoms with Gasteiger partial charge in [0, 0.05) is 16.5 Å². The number of aryl methyl sites for hydroxylation is 1. The Hall–Kier alpha value is -3.23. The van der Waals surface area contributed by atoms with Crippen LogP contribution < -0.4 is 5.56 Å². The van der Waals surface area contributed by atoms with E-state index in [9.17, 15) is 24.9 Å². The van der Waals surface area contributed by atoms with Crippen LogP contribution in [0, 0.1) is 0 Å². The van der Waals surface area contributed by atoms with Gasteiger partial charge in [-0.2, -0.15) is 0 Å². The largest absolute Gasteiger partial charge is 0.508 e. The molecule has 0 saturated carbocycles. The van der Waals surface area contributed by atoms with Crippen molar-refractivity contribution in [2.24, 2.45) is 0 Å². The van der Waals surface area contributed by atoms with E-state index >= 15 is 0 Å².